The van der Waals surface area contributed by atoms with E-state index in [9.17, 15) is 0 Å². The maximum absolute atomic E-state index is 8.72. The van der Waals surface area contributed by atoms with Crippen molar-refractivity contribution < 1.29 is 14.3 Å². The topological polar surface area (TPSA) is 45.8 Å². The molecular weight excluding hydrogens is 242 g/mol. The average Bonchev–Trinajstić information content (AvgIpc) is 2.82. The van der Waals surface area contributed by atoms with Gasteiger partial charge in [0.05, 0.1) is 25.9 Å². The smallest absolute Gasteiger partial charge is 0.121 e. The molecule has 0 amide bonds. The average molecular weight is 267 g/mol. The van der Waals surface area contributed by atoms with Gasteiger partial charge in [0, 0.05) is 6.54 Å². The minimum absolute atomic E-state index is 0.0951. The summed E-state index contributed by atoms with van der Waals surface area (Å²) < 4.78 is 11.2. The van der Waals surface area contributed by atoms with Crippen molar-refractivity contribution in [2.75, 3.05) is 32.9 Å². The van der Waals surface area contributed by atoms with Crippen LogP contribution in [0.2, 0.25) is 0 Å². The number of furan rings is 1. The SMILES string of the molecule is Cc1ccc([C@@H]2C[C@H](C)CCN2CCOCCO)o1. The molecule has 0 radical (unpaired) electrons. The summed E-state index contributed by atoms with van der Waals surface area (Å²) in [5.74, 6) is 2.79. The molecule has 0 bridgehead atoms. The first-order valence-corrected chi connectivity index (χ1v) is 7.19. The van der Waals surface area contributed by atoms with Gasteiger partial charge in [0.15, 0.2) is 0 Å². The minimum Gasteiger partial charge on any atom is -0.465 e. The molecule has 0 aliphatic carbocycles. The Morgan fingerprint density at radius 3 is 2.95 bits per heavy atom. The molecule has 2 heterocycles. The Bertz CT molecular complexity index is 377. The lowest BCUT2D eigenvalue weighted by atomic mass is 9.91. The quantitative estimate of drug-likeness (QED) is 0.804. The highest BCUT2D eigenvalue weighted by Crippen LogP contribution is 2.34. The van der Waals surface area contributed by atoms with Gasteiger partial charge >= 0.3 is 0 Å². The monoisotopic (exact) mass is 267 g/mol. The molecule has 0 unspecified atom stereocenters. The molecule has 1 N–H and O–H groups in total. The fraction of sp³-hybridized carbons (Fsp3) is 0.733. The van der Waals surface area contributed by atoms with Crippen LogP contribution in [0.3, 0.4) is 0 Å². The van der Waals surface area contributed by atoms with Gasteiger partial charge in [-0.2, -0.15) is 0 Å². The van der Waals surface area contributed by atoms with Crippen molar-refractivity contribution in [3.63, 3.8) is 0 Å². The van der Waals surface area contributed by atoms with Crippen LogP contribution >= 0.6 is 0 Å². The van der Waals surface area contributed by atoms with Crippen molar-refractivity contribution in [3.05, 3.63) is 23.7 Å². The fourth-order valence-electron chi connectivity index (χ4n) is 2.73. The summed E-state index contributed by atoms with van der Waals surface area (Å²) >= 11 is 0. The van der Waals surface area contributed by atoms with E-state index in [0.717, 1.165) is 36.9 Å². The number of aliphatic hydroxyl groups excluding tert-OH is 1. The van der Waals surface area contributed by atoms with Gasteiger partial charge in [0.2, 0.25) is 0 Å². The molecule has 1 aromatic heterocycles. The Hall–Kier alpha value is -0.840. The van der Waals surface area contributed by atoms with Crippen molar-refractivity contribution in [1.29, 1.82) is 0 Å². The van der Waals surface area contributed by atoms with E-state index in [1.54, 1.807) is 0 Å². The number of aliphatic hydroxyl groups is 1. The third-order valence-electron chi connectivity index (χ3n) is 3.82. The predicted molar refractivity (Wildman–Crippen MR) is 74.1 cm³/mol. The lowest BCUT2D eigenvalue weighted by Crippen LogP contribution is -2.38. The number of piperidine rings is 1. The standard InChI is InChI=1S/C15H25NO3/c1-12-5-6-16(7-9-18-10-8-17)14(11-12)15-4-3-13(2)19-15/h3-4,12,14,17H,5-11H2,1-2H3/t12-,14+/m1/s1. The summed E-state index contributed by atoms with van der Waals surface area (Å²) in [6.45, 7) is 7.48. The van der Waals surface area contributed by atoms with Crippen molar-refractivity contribution in [2.45, 2.75) is 32.7 Å². The molecule has 4 nitrogen and oxygen atoms in total. The maximum atomic E-state index is 8.72. The van der Waals surface area contributed by atoms with Crippen LogP contribution in [0.25, 0.3) is 0 Å². The Morgan fingerprint density at radius 2 is 2.26 bits per heavy atom. The van der Waals surface area contributed by atoms with Crippen LogP contribution in [0, 0.1) is 12.8 Å². The lowest BCUT2D eigenvalue weighted by Gasteiger charge is -2.37. The van der Waals surface area contributed by atoms with Gasteiger partial charge in [0.1, 0.15) is 11.5 Å². The summed E-state index contributed by atoms with van der Waals surface area (Å²) in [4.78, 5) is 2.44. The first-order valence-electron chi connectivity index (χ1n) is 7.19. The summed E-state index contributed by atoms with van der Waals surface area (Å²) in [7, 11) is 0. The highest BCUT2D eigenvalue weighted by Gasteiger charge is 2.29. The number of likely N-dealkylation sites (tertiary alicyclic amines) is 1. The predicted octanol–water partition coefficient (Wildman–Crippen LogP) is 2.37. The minimum atomic E-state index is 0.0951. The zero-order valence-electron chi connectivity index (χ0n) is 12.0. The first-order chi connectivity index (χ1) is 9.20. The highest BCUT2D eigenvalue weighted by molar-refractivity contribution is 5.11. The van der Waals surface area contributed by atoms with Crippen LogP contribution in [-0.4, -0.2) is 42.9 Å². The van der Waals surface area contributed by atoms with Gasteiger partial charge in [0.25, 0.3) is 0 Å². The van der Waals surface area contributed by atoms with E-state index < -0.39 is 0 Å². The van der Waals surface area contributed by atoms with E-state index in [1.165, 1.54) is 6.42 Å². The van der Waals surface area contributed by atoms with Gasteiger partial charge in [-0.05, 0) is 44.4 Å². The van der Waals surface area contributed by atoms with Gasteiger partial charge < -0.3 is 14.3 Å². The number of ether oxygens (including phenoxy) is 1. The van der Waals surface area contributed by atoms with E-state index in [0.29, 0.717) is 19.3 Å². The normalized spacial score (nSPS) is 24.8. The van der Waals surface area contributed by atoms with Crippen molar-refractivity contribution in [3.8, 4) is 0 Å². The lowest BCUT2D eigenvalue weighted by molar-refractivity contribution is 0.0395. The zero-order chi connectivity index (χ0) is 13.7. The molecule has 108 valence electrons. The summed E-state index contributed by atoms with van der Waals surface area (Å²) in [6.07, 6.45) is 2.38. The number of aryl methyl sites for hydroxylation is 1. The van der Waals surface area contributed by atoms with E-state index >= 15 is 0 Å². The molecule has 1 aliphatic rings. The van der Waals surface area contributed by atoms with Crippen LogP contribution in [0.15, 0.2) is 16.5 Å². The molecule has 2 atom stereocenters. The van der Waals surface area contributed by atoms with Gasteiger partial charge in [-0.1, -0.05) is 6.92 Å². The van der Waals surface area contributed by atoms with Crippen LogP contribution in [0.4, 0.5) is 0 Å². The molecule has 0 spiro atoms. The van der Waals surface area contributed by atoms with Crippen LogP contribution in [0.5, 0.6) is 0 Å². The maximum Gasteiger partial charge on any atom is 0.121 e. The third kappa shape index (κ3) is 4.06. The molecule has 1 fully saturated rings. The van der Waals surface area contributed by atoms with Gasteiger partial charge in [-0.15, -0.1) is 0 Å². The Labute approximate surface area is 115 Å². The highest BCUT2D eigenvalue weighted by atomic mass is 16.5. The summed E-state index contributed by atoms with van der Waals surface area (Å²) in [6, 6.07) is 4.50. The van der Waals surface area contributed by atoms with Crippen molar-refractivity contribution >= 4 is 0 Å². The largest absolute Gasteiger partial charge is 0.465 e. The summed E-state index contributed by atoms with van der Waals surface area (Å²) in [5.41, 5.74) is 0. The molecule has 1 aromatic rings. The van der Waals surface area contributed by atoms with E-state index in [2.05, 4.69) is 17.9 Å². The molecule has 19 heavy (non-hydrogen) atoms. The number of hydrogen-bond donors (Lipinski definition) is 1. The number of nitrogens with zero attached hydrogens (tertiary/aromatic N) is 1. The van der Waals surface area contributed by atoms with Gasteiger partial charge in [-0.25, -0.2) is 0 Å². The molecule has 0 aromatic carbocycles. The second kappa shape index (κ2) is 7.08. The second-order valence-corrected chi connectivity index (χ2v) is 5.47. The Morgan fingerprint density at radius 1 is 1.42 bits per heavy atom. The third-order valence-corrected chi connectivity index (χ3v) is 3.82. The van der Waals surface area contributed by atoms with E-state index in [1.807, 2.05) is 13.0 Å². The number of hydrogen-bond acceptors (Lipinski definition) is 4. The number of rotatable bonds is 6. The van der Waals surface area contributed by atoms with Crippen LogP contribution in [-0.2, 0) is 4.74 Å². The Balaban J connectivity index is 1.94. The zero-order valence-corrected chi connectivity index (χ0v) is 12.0. The molecule has 1 saturated heterocycles. The molecule has 1 aliphatic heterocycles. The fourth-order valence-corrected chi connectivity index (χ4v) is 2.73. The van der Waals surface area contributed by atoms with Crippen molar-refractivity contribution in [2.24, 2.45) is 5.92 Å². The summed E-state index contributed by atoms with van der Waals surface area (Å²) in [5, 5.41) is 8.72. The van der Waals surface area contributed by atoms with Gasteiger partial charge in [-0.3, -0.25) is 4.90 Å². The van der Waals surface area contributed by atoms with Crippen LogP contribution in [0.1, 0.15) is 37.3 Å². The van der Waals surface area contributed by atoms with Crippen LogP contribution < -0.4 is 0 Å². The van der Waals surface area contributed by atoms with E-state index in [4.69, 9.17) is 14.3 Å². The molecular formula is C15H25NO3. The second-order valence-electron chi connectivity index (χ2n) is 5.47. The Kier molecular flexibility index (Phi) is 5.43. The van der Waals surface area contributed by atoms with Crippen molar-refractivity contribution in [1.82, 2.24) is 4.90 Å². The molecule has 2 rings (SSSR count). The first kappa shape index (κ1) is 14.6. The molecule has 0 saturated carbocycles. The molecule has 4 heteroatoms. The van der Waals surface area contributed by atoms with E-state index in [-0.39, 0.29) is 6.61 Å².